The zero-order valence-electron chi connectivity index (χ0n) is 16.2. The van der Waals surface area contributed by atoms with Crippen molar-refractivity contribution in [3.63, 3.8) is 0 Å². The zero-order valence-corrected chi connectivity index (χ0v) is 17.0. The van der Waals surface area contributed by atoms with Gasteiger partial charge in [-0.15, -0.1) is 0 Å². The maximum atomic E-state index is 6.11. The first-order valence-corrected chi connectivity index (χ1v) is 10.5. The van der Waals surface area contributed by atoms with Crippen molar-refractivity contribution < 1.29 is 9.47 Å². The Kier molecular flexibility index (Phi) is 5.04. The van der Waals surface area contributed by atoms with Gasteiger partial charge in [-0.05, 0) is 61.7 Å². The van der Waals surface area contributed by atoms with Crippen molar-refractivity contribution in [1.29, 1.82) is 0 Å². The second-order valence-electron chi connectivity index (χ2n) is 7.88. The summed E-state index contributed by atoms with van der Waals surface area (Å²) in [7, 11) is 0. The van der Waals surface area contributed by atoms with Crippen LogP contribution < -0.4 is 15.2 Å². The predicted molar refractivity (Wildman–Crippen MR) is 115 cm³/mol. The molecule has 5 nitrogen and oxygen atoms in total. The number of rotatable bonds is 4. The third-order valence-corrected chi connectivity index (χ3v) is 6.09. The Morgan fingerprint density at radius 3 is 2.69 bits per heavy atom. The highest BCUT2D eigenvalue weighted by molar-refractivity contribution is 6.30. The van der Waals surface area contributed by atoms with E-state index < -0.39 is 0 Å². The fourth-order valence-electron chi connectivity index (χ4n) is 4.31. The molecule has 0 aliphatic carbocycles. The summed E-state index contributed by atoms with van der Waals surface area (Å²) in [5, 5.41) is 1.79. The maximum Gasteiger partial charge on any atom is 0.231 e. The molecule has 1 saturated heterocycles. The van der Waals surface area contributed by atoms with Crippen LogP contribution in [0.5, 0.6) is 11.5 Å². The van der Waals surface area contributed by atoms with E-state index in [1.807, 2.05) is 36.4 Å². The van der Waals surface area contributed by atoms with Crippen LogP contribution in [0.3, 0.4) is 0 Å². The summed E-state index contributed by atoms with van der Waals surface area (Å²) in [6, 6.07) is 14.1. The van der Waals surface area contributed by atoms with Crippen LogP contribution in [0.4, 0.5) is 0 Å². The van der Waals surface area contributed by atoms with Crippen molar-refractivity contribution in [2.75, 3.05) is 26.4 Å². The van der Waals surface area contributed by atoms with Gasteiger partial charge in [-0.25, -0.2) is 4.98 Å². The van der Waals surface area contributed by atoms with E-state index in [1.54, 1.807) is 0 Å². The summed E-state index contributed by atoms with van der Waals surface area (Å²) < 4.78 is 11.1. The van der Waals surface area contributed by atoms with Gasteiger partial charge in [0.15, 0.2) is 11.5 Å². The van der Waals surface area contributed by atoms with Gasteiger partial charge in [0.2, 0.25) is 6.79 Å². The van der Waals surface area contributed by atoms with E-state index >= 15 is 0 Å². The van der Waals surface area contributed by atoms with Gasteiger partial charge < -0.3 is 15.2 Å². The molecule has 6 heteroatoms. The molecule has 0 radical (unpaired) electrons. The highest BCUT2D eigenvalue weighted by Gasteiger charge is 2.22. The number of halogens is 1. The molecule has 3 aromatic rings. The minimum absolute atomic E-state index is 0.261. The number of nitrogens with two attached hydrogens (primary N) is 1. The number of benzene rings is 2. The molecule has 1 fully saturated rings. The van der Waals surface area contributed by atoms with E-state index in [0.717, 1.165) is 64.9 Å². The number of fused-ring (bicyclic) bond motifs is 2. The normalized spacial score (nSPS) is 19.0. The smallest absolute Gasteiger partial charge is 0.231 e. The van der Waals surface area contributed by atoms with Crippen LogP contribution in [0.25, 0.3) is 22.2 Å². The van der Waals surface area contributed by atoms with Crippen LogP contribution in [-0.4, -0.2) is 36.3 Å². The number of hydrogen-bond acceptors (Lipinski definition) is 5. The van der Waals surface area contributed by atoms with Gasteiger partial charge in [0.05, 0.1) is 11.2 Å². The second-order valence-corrected chi connectivity index (χ2v) is 8.32. The average Bonchev–Trinajstić information content (AvgIpc) is 3.20. The topological polar surface area (TPSA) is 60.6 Å². The molecule has 0 spiro atoms. The number of nitrogens with zero attached hydrogens (tertiary/aromatic N) is 2. The van der Waals surface area contributed by atoms with E-state index in [9.17, 15) is 0 Å². The maximum absolute atomic E-state index is 6.11. The summed E-state index contributed by atoms with van der Waals surface area (Å²) in [6.45, 7) is 3.99. The van der Waals surface area contributed by atoms with E-state index in [0.29, 0.717) is 5.92 Å². The van der Waals surface area contributed by atoms with E-state index in [-0.39, 0.29) is 6.79 Å². The molecule has 5 rings (SSSR count). The molecule has 2 N–H and O–H groups in total. The minimum atomic E-state index is 0.261. The standard InChI is InChI=1S/C23H24ClN3O2/c24-19-5-3-16(4-6-19)23-18(13-27-7-1-2-15(11-25)12-27)8-17-9-21-22(29-14-28-21)10-20(17)26-23/h3-6,8-10,15H,1-2,7,11-14,25H2/t15-/m1/s1. The second kappa shape index (κ2) is 7.82. The Labute approximate surface area is 175 Å². The lowest BCUT2D eigenvalue weighted by Crippen LogP contribution is -2.38. The Morgan fingerprint density at radius 2 is 1.90 bits per heavy atom. The summed E-state index contributed by atoms with van der Waals surface area (Å²) in [6.07, 6.45) is 2.41. The molecule has 2 aliphatic rings. The fraction of sp³-hybridized carbons (Fsp3) is 0.348. The van der Waals surface area contributed by atoms with Gasteiger partial charge in [-0.2, -0.15) is 0 Å². The quantitative estimate of drug-likeness (QED) is 0.689. The van der Waals surface area contributed by atoms with Crippen LogP contribution in [0.1, 0.15) is 18.4 Å². The van der Waals surface area contributed by atoms with Gasteiger partial charge >= 0.3 is 0 Å². The number of likely N-dealkylation sites (tertiary alicyclic amines) is 1. The summed E-state index contributed by atoms with van der Waals surface area (Å²) in [4.78, 5) is 7.52. The van der Waals surface area contributed by atoms with Crippen LogP contribution in [0.15, 0.2) is 42.5 Å². The average molecular weight is 410 g/mol. The van der Waals surface area contributed by atoms with Crippen molar-refractivity contribution >= 4 is 22.5 Å². The van der Waals surface area contributed by atoms with Crippen molar-refractivity contribution in [2.45, 2.75) is 19.4 Å². The van der Waals surface area contributed by atoms with Gasteiger partial charge in [-0.1, -0.05) is 23.7 Å². The summed E-state index contributed by atoms with van der Waals surface area (Å²) >= 11 is 6.11. The Morgan fingerprint density at radius 1 is 1.10 bits per heavy atom. The molecule has 0 bridgehead atoms. The molecule has 29 heavy (non-hydrogen) atoms. The molecule has 1 atom stereocenters. The molecule has 3 heterocycles. The lowest BCUT2D eigenvalue weighted by Gasteiger charge is -2.32. The third kappa shape index (κ3) is 3.78. The van der Waals surface area contributed by atoms with E-state index in [4.69, 9.17) is 31.8 Å². The molecule has 150 valence electrons. The first kappa shape index (κ1) is 18.7. The molecular weight excluding hydrogens is 386 g/mol. The number of pyridine rings is 1. The fourth-order valence-corrected chi connectivity index (χ4v) is 4.44. The minimum Gasteiger partial charge on any atom is -0.454 e. The van der Waals surface area contributed by atoms with Crippen LogP contribution in [-0.2, 0) is 6.54 Å². The van der Waals surface area contributed by atoms with Gasteiger partial charge in [0.25, 0.3) is 0 Å². The first-order valence-electron chi connectivity index (χ1n) is 10.1. The van der Waals surface area contributed by atoms with Gasteiger partial charge in [0.1, 0.15) is 0 Å². The Hall–Kier alpha value is -2.34. The summed E-state index contributed by atoms with van der Waals surface area (Å²) in [5.41, 5.74) is 10.1. The molecule has 2 aliphatic heterocycles. The Balaban J connectivity index is 1.58. The predicted octanol–water partition coefficient (Wildman–Crippen LogP) is 4.45. The third-order valence-electron chi connectivity index (χ3n) is 5.84. The molecule has 0 saturated carbocycles. The zero-order chi connectivity index (χ0) is 19.8. The first-order chi connectivity index (χ1) is 14.2. The number of ether oxygens (including phenoxy) is 2. The van der Waals surface area contributed by atoms with Gasteiger partial charge in [0, 0.05) is 35.1 Å². The Bertz CT molecular complexity index is 1040. The number of aromatic nitrogens is 1. The van der Waals surface area contributed by atoms with Crippen molar-refractivity contribution in [3.8, 4) is 22.8 Å². The lowest BCUT2D eigenvalue weighted by molar-refractivity contribution is 0.171. The highest BCUT2D eigenvalue weighted by Crippen LogP contribution is 2.37. The van der Waals surface area contributed by atoms with Crippen LogP contribution in [0.2, 0.25) is 5.02 Å². The van der Waals surface area contributed by atoms with Crippen LogP contribution in [0, 0.1) is 5.92 Å². The number of hydrogen-bond donors (Lipinski definition) is 1. The van der Waals surface area contributed by atoms with Crippen LogP contribution >= 0.6 is 11.6 Å². The van der Waals surface area contributed by atoms with Crippen molar-refractivity contribution in [3.05, 3.63) is 53.1 Å². The van der Waals surface area contributed by atoms with E-state index in [2.05, 4.69) is 11.0 Å². The van der Waals surface area contributed by atoms with Crippen molar-refractivity contribution in [1.82, 2.24) is 9.88 Å². The SMILES string of the molecule is NC[C@H]1CCCN(Cc2cc3cc4c(cc3nc2-c2ccc(Cl)cc2)OCO4)C1. The van der Waals surface area contributed by atoms with Gasteiger partial charge in [-0.3, -0.25) is 4.90 Å². The number of piperidine rings is 1. The van der Waals surface area contributed by atoms with Crippen molar-refractivity contribution in [2.24, 2.45) is 11.7 Å². The molecule has 1 aromatic heterocycles. The molecule has 0 amide bonds. The van der Waals surface area contributed by atoms with E-state index in [1.165, 1.54) is 18.4 Å². The molecule has 0 unspecified atom stereocenters. The molecule has 2 aromatic carbocycles. The lowest BCUT2D eigenvalue weighted by atomic mass is 9.96. The molecular formula is C23H24ClN3O2. The largest absolute Gasteiger partial charge is 0.454 e. The monoisotopic (exact) mass is 409 g/mol. The highest BCUT2D eigenvalue weighted by atomic mass is 35.5. The summed E-state index contributed by atoms with van der Waals surface area (Å²) in [5.74, 6) is 2.11.